The summed E-state index contributed by atoms with van der Waals surface area (Å²) in [4.78, 5) is 22.6. The van der Waals surface area contributed by atoms with Gasteiger partial charge in [0.15, 0.2) is 0 Å². The second-order valence-electron chi connectivity index (χ2n) is 5.18. The molecule has 0 aliphatic heterocycles. The van der Waals surface area contributed by atoms with Crippen LogP contribution in [0.2, 0.25) is 0 Å². The number of hydrogen-bond donors (Lipinski definition) is 2. The molecule has 5 nitrogen and oxygen atoms in total. The summed E-state index contributed by atoms with van der Waals surface area (Å²) in [5, 5.41) is 2.93. The minimum atomic E-state index is -0.352. The van der Waals surface area contributed by atoms with E-state index in [2.05, 4.69) is 5.32 Å². The van der Waals surface area contributed by atoms with Crippen molar-refractivity contribution in [2.45, 2.75) is 19.4 Å². The third-order valence-electron chi connectivity index (χ3n) is 3.35. The molecule has 1 atom stereocenters. The van der Waals surface area contributed by atoms with Gasteiger partial charge in [0.05, 0.1) is 12.6 Å². The average Bonchev–Trinajstić information content (AvgIpc) is 2.56. The largest absolute Gasteiger partial charge is 0.427 e. The molecule has 2 aromatic rings. The minimum Gasteiger partial charge on any atom is -0.427 e. The fraction of sp³-hybridized carbons (Fsp3) is 0.222. The Morgan fingerprint density at radius 3 is 2.30 bits per heavy atom. The zero-order chi connectivity index (χ0) is 16.7. The van der Waals surface area contributed by atoms with Gasteiger partial charge in [-0.3, -0.25) is 9.59 Å². The number of benzene rings is 2. The van der Waals surface area contributed by atoms with E-state index in [-0.39, 0.29) is 24.5 Å². The maximum absolute atomic E-state index is 11.7. The first-order valence-electron chi connectivity index (χ1n) is 7.40. The molecule has 0 heterocycles. The SMILES string of the molecule is CC(=O)Oc1ccc(CC(NC(=O)CN)c2ccccc2)cc1. The molecule has 0 radical (unpaired) electrons. The van der Waals surface area contributed by atoms with Gasteiger partial charge >= 0.3 is 5.97 Å². The van der Waals surface area contributed by atoms with Crippen LogP contribution in [-0.4, -0.2) is 18.4 Å². The van der Waals surface area contributed by atoms with Gasteiger partial charge in [-0.2, -0.15) is 0 Å². The third kappa shape index (κ3) is 5.23. The Bertz CT molecular complexity index is 654. The van der Waals surface area contributed by atoms with Crippen molar-refractivity contribution in [2.75, 3.05) is 6.54 Å². The van der Waals surface area contributed by atoms with E-state index in [0.717, 1.165) is 11.1 Å². The van der Waals surface area contributed by atoms with Gasteiger partial charge in [-0.25, -0.2) is 0 Å². The molecule has 1 amide bonds. The number of carbonyl (C=O) groups is 2. The first-order valence-corrected chi connectivity index (χ1v) is 7.40. The highest BCUT2D eigenvalue weighted by Crippen LogP contribution is 2.20. The lowest BCUT2D eigenvalue weighted by Crippen LogP contribution is -2.34. The summed E-state index contributed by atoms with van der Waals surface area (Å²) in [5.41, 5.74) is 7.43. The van der Waals surface area contributed by atoms with Crippen LogP contribution in [0.4, 0.5) is 0 Å². The van der Waals surface area contributed by atoms with Crippen molar-refractivity contribution >= 4 is 11.9 Å². The highest BCUT2D eigenvalue weighted by Gasteiger charge is 2.14. The highest BCUT2D eigenvalue weighted by atomic mass is 16.5. The molecule has 0 saturated heterocycles. The number of esters is 1. The summed E-state index contributed by atoms with van der Waals surface area (Å²) in [5.74, 6) is -0.0472. The van der Waals surface area contributed by atoms with Crippen LogP contribution in [0.3, 0.4) is 0 Å². The van der Waals surface area contributed by atoms with E-state index < -0.39 is 0 Å². The van der Waals surface area contributed by atoms with E-state index in [1.807, 2.05) is 42.5 Å². The first kappa shape index (κ1) is 16.7. The Hall–Kier alpha value is -2.66. The zero-order valence-corrected chi connectivity index (χ0v) is 13.0. The summed E-state index contributed by atoms with van der Waals surface area (Å²) < 4.78 is 5.02. The van der Waals surface area contributed by atoms with E-state index in [1.54, 1.807) is 12.1 Å². The van der Waals surface area contributed by atoms with Crippen LogP contribution >= 0.6 is 0 Å². The second-order valence-corrected chi connectivity index (χ2v) is 5.18. The Morgan fingerprint density at radius 1 is 1.09 bits per heavy atom. The third-order valence-corrected chi connectivity index (χ3v) is 3.35. The van der Waals surface area contributed by atoms with Crippen LogP contribution in [0, 0.1) is 0 Å². The lowest BCUT2D eigenvalue weighted by Gasteiger charge is -2.19. The lowest BCUT2D eigenvalue weighted by molar-refractivity contribution is -0.131. The fourth-order valence-electron chi connectivity index (χ4n) is 2.29. The molecule has 23 heavy (non-hydrogen) atoms. The van der Waals surface area contributed by atoms with Crippen LogP contribution in [0.15, 0.2) is 54.6 Å². The van der Waals surface area contributed by atoms with Gasteiger partial charge in [-0.15, -0.1) is 0 Å². The molecular weight excluding hydrogens is 292 g/mol. The van der Waals surface area contributed by atoms with E-state index in [1.165, 1.54) is 6.92 Å². The molecule has 3 N–H and O–H groups in total. The van der Waals surface area contributed by atoms with Crippen molar-refractivity contribution in [1.82, 2.24) is 5.32 Å². The molecule has 2 rings (SSSR count). The predicted molar refractivity (Wildman–Crippen MR) is 87.8 cm³/mol. The standard InChI is InChI=1S/C18H20N2O3/c1-13(21)23-16-9-7-14(8-10-16)11-17(20-18(22)12-19)15-5-3-2-4-6-15/h2-10,17H,11-12,19H2,1H3,(H,20,22). The molecule has 0 saturated carbocycles. The number of ether oxygens (including phenoxy) is 1. The van der Waals surface area contributed by atoms with Gasteiger partial charge in [-0.05, 0) is 29.7 Å². The summed E-state index contributed by atoms with van der Waals surface area (Å²) in [7, 11) is 0. The first-order chi connectivity index (χ1) is 11.1. The van der Waals surface area contributed by atoms with Crippen LogP contribution < -0.4 is 15.8 Å². The topological polar surface area (TPSA) is 81.4 Å². The smallest absolute Gasteiger partial charge is 0.308 e. The van der Waals surface area contributed by atoms with E-state index in [4.69, 9.17) is 10.5 Å². The van der Waals surface area contributed by atoms with Crippen LogP contribution in [0.1, 0.15) is 24.1 Å². The maximum Gasteiger partial charge on any atom is 0.308 e. The van der Waals surface area contributed by atoms with Crippen molar-refractivity contribution in [2.24, 2.45) is 5.73 Å². The number of rotatable bonds is 6. The van der Waals surface area contributed by atoms with Crippen LogP contribution in [0.5, 0.6) is 5.75 Å². The quantitative estimate of drug-likeness (QED) is 0.631. The van der Waals surface area contributed by atoms with Crippen LogP contribution in [0.25, 0.3) is 0 Å². The van der Waals surface area contributed by atoms with Crippen molar-refractivity contribution < 1.29 is 14.3 Å². The van der Waals surface area contributed by atoms with Gasteiger partial charge in [0.25, 0.3) is 0 Å². The van der Waals surface area contributed by atoms with Gasteiger partial charge in [0.1, 0.15) is 5.75 Å². The molecular formula is C18H20N2O3. The van der Waals surface area contributed by atoms with E-state index in [0.29, 0.717) is 12.2 Å². The molecule has 0 bridgehead atoms. The average molecular weight is 312 g/mol. The summed E-state index contributed by atoms with van der Waals surface area (Å²) >= 11 is 0. The Morgan fingerprint density at radius 2 is 1.74 bits per heavy atom. The van der Waals surface area contributed by atoms with Crippen molar-refractivity contribution in [3.63, 3.8) is 0 Å². The van der Waals surface area contributed by atoms with Gasteiger partial charge in [0, 0.05) is 6.92 Å². The second kappa shape index (κ2) is 8.10. The monoisotopic (exact) mass is 312 g/mol. The van der Waals surface area contributed by atoms with Gasteiger partial charge in [0.2, 0.25) is 5.91 Å². The van der Waals surface area contributed by atoms with E-state index >= 15 is 0 Å². The predicted octanol–water partition coefficient (Wildman–Crippen LogP) is 1.97. The van der Waals surface area contributed by atoms with Crippen molar-refractivity contribution in [3.05, 3.63) is 65.7 Å². The number of hydrogen-bond acceptors (Lipinski definition) is 4. The maximum atomic E-state index is 11.7. The molecule has 0 fully saturated rings. The van der Waals surface area contributed by atoms with Gasteiger partial charge in [-0.1, -0.05) is 42.5 Å². The van der Waals surface area contributed by atoms with E-state index in [9.17, 15) is 9.59 Å². The summed E-state index contributed by atoms with van der Waals surface area (Å²) in [6.07, 6.45) is 0.621. The number of nitrogens with one attached hydrogen (secondary N) is 1. The number of carbonyl (C=O) groups excluding carboxylic acids is 2. The molecule has 0 aliphatic carbocycles. The molecule has 1 unspecified atom stereocenters. The van der Waals surface area contributed by atoms with Gasteiger partial charge < -0.3 is 15.8 Å². The molecule has 0 aliphatic rings. The highest BCUT2D eigenvalue weighted by molar-refractivity contribution is 5.78. The zero-order valence-electron chi connectivity index (χ0n) is 13.0. The molecule has 2 aromatic carbocycles. The Balaban J connectivity index is 2.13. The number of nitrogens with two attached hydrogens (primary N) is 1. The van der Waals surface area contributed by atoms with Crippen LogP contribution in [-0.2, 0) is 16.0 Å². The normalized spacial score (nSPS) is 11.6. The minimum absolute atomic E-state index is 0.0469. The Labute approximate surface area is 135 Å². The molecule has 5 heteroatoms. The molecule has 0 spiro atoms. The van der Waals surface area contributed by atoms with Crippen molar-refractivity contribution in [3.8, 4) is 5.75 Å². The Kier molecular flexibility index (Phi) is 5.88. The molecule has 0 aromatic heterocycles. The summed E-state index contributed by atoms with van der Waals surface area (Å²) in [6, 6.07) is 16.8. The molecule has 120 valence electrons. The number of amides is 1. The summed E-state index contributed by atoms with van der Waals surface area (Å²) in [6.45, 7) is 1.32. The lowest BCUT2D eigenvalue weighted by atomic mass is 9.98. The van der Waals surface area contributed by atoms with Crippen molar-refractivity contribution in [1.29, 1.82) is 0 Å². The fourth-order valence-corrected chi connectivity index (χ4v) is 2.29.